The quantitative estimate of drug-likeness (QED) is 0.367. The average Bonchev–Trinajstić information content (AvgIpc) is 3.22. The Morgan fingerprint density at radius 2 is 1.69 bits per heavy atom. The third-order valence-corrected chi connectivity index (χ3v) is 5.98. The fraction of sp³-hybridized carbons (Fsp3) is 0.200. The molecule has 0 radical (unpaired) electrons. The number of amides is 1. The number of anilines is 1. The van der Waals surface area contributed by atoms with Crippen LogP contribution in [0.25, 0.3) is 10.2 Å². The van der Waals surface area contributed by atoms with Gasteiger partial charge >= 0.3 is 0 Å². The molecule has 0 unspecified atom stereocenters. The van der Waals surface area contributed by atoms with E-state index in [1.165, 1.54) is 11.3 Å². The number of likely N-dealkylation sites (N-methyl/N-ethyl adjacent to an activating group) is 1. The largest absolute Gasteiger partial charge is 0.497 e. The molecule has 1 aromatic heterocycles. The molecule has 164 valence electrons. The molecule has 0 saturated carbocycles. The lowest BCUT2D eigenvalue weighted by atomic mass is 10.1. The summed E-state index contributed by atoms with van der Waals surface area (Å²) in [6.07, 6.45) is 0. The lowest BCUT2D eigenvalue weighted by Gasteiger charge is -2.23. The average molecular weight is 448 g/mol. The van der Waals surface area contributed by atoms with E-state index in [1.54, 1.807) is 18.1 Å². The summed E-state index contributed by atoms with van der Waals surface area (Å²) in [5, 5.41) is 0.648. The maximum Gasteiger partial charge on any atom is 0.263 e. The van der Waals surface area contributed by atoms with Gasteiger partial charge in [0.05, 0.1) is 22.9 Å². The number of nitrogens with zero attached hydrogens (tertiary/aromatic N) is 3. The Labute approximate surface area is 191 Å². The molecular weight excluding hydrogens is 422 g/mol. The summed E-state index contributed by atoms with van der Waals surface area (Å²) in [5.41, 5.74) is 1.30. The van der Waals surface area contributed by atoms with Gasteiger partial charge in [-0.15, -0.1) is 0 Å². The minimum absolute atomic E-state index is 0.149. The van der Waals surface area contributed by atoms with Crippen LogP contribution in [0.3, 0.4) is 0 Å². The molecule has 0 fully saturated rings. The number of rotatable bonds is 8. The fourth-order valence-electron chi connectivity index (χ4n) is 3.21. The van der Waals surface area contributed by atoms with Crippen molar-refractivity contribution in [1.29, 1.82) is 0 Å². The Kier molecular flexibility index (Phi) is 6.68. The Morgan fingerprint density at radius 3 is 2.44 bits per heavy atom. The number of thiazole rings is 1. The van der Waals surface area contributed by atoms with E-state index >= 15 is 0 Å². The van der Waals surface area contributed by atoms with Crippen LogP contribution in [0.1, 0.15) is 10.4 Å². The maximum atomic E-state index is 13.7. The number of ether oxygens (including phenoxy) is 2. The predicted octanol–water partition coefficient (Wildman–Crippen LogP) is 5.31. The monoisotopic (exact) mass is 447 g/mol. The summed E-state index contributed by atoms with van der Waals surface area (Å²) in [5.74, 6) is 1.78. The third kappa shape index (κ3) is 4.90. The summed E-state index contributed by atoms with van der Waals surface area (Å²) in [4.78, 5) is 22.3. The van der Waals surface area contributed by atoms with Gasteiger partial charge < -0.3 is 14.4 Å². The second-order valence-corrected chi connectivity index (χ2v) is 8.51. The number of para-hydroxylation sites is 2. The van der Waals surface area contributed by atoms with Crippen molar-refractivity contribution in [3.63, 3.8) is 0 Å². The fourth-order valence-corrected chi connectivity index (χ4v) is 4.19. The van der Waals surface area contributed by atoms with E-state index in [2.05, 4.69) is 0 Å². The molecule has 0 aliphatic carbocycles. The van der Waals surface area contributed by atoms with Crippen LogP contribution in [0, 0.1) is 0 Å². The first-order valence-corrected chi connectivity index (χ1v) is 11.1. The van der Waals surface area contributed by atoms with Crippen LogP contribution in [-0.2, 0) is 0 Å². The Hall–Kier alpha value is -3.42. The van der Waals surface area contributed by atoms with Crippen molar-refractivity contribution in [2.45, 2.75) is 0 Å². The van der Waals surface area contributed by atoms with Crippen molar-refractivity contribution in [3.8, 4) is 17.2 Å². The molecule has 0 bridgehead atoms. The molecule has 4 rings (SSSR count). The van der Waals surface area contributed by atoms with Gasteiger partial charge in [0.2, 0.25) is 0 Å². The molecule has 0 atom stereocenters. The lowest BCUT2D eigenvalue weighted by molar-refractivity contribution is 0.0983. The van der Waals surface area contributed by atoms with Crippen LogP contribution in [0.4, 0.5) is 5.13 Å². The van der Waals surface area contributed by atoms with Gasteiger partial charge in [-0.3, -0.25) is 9.69 Å². The lowest BCUT2D eigenvalue weighted by Crippen LogP contribution is -2.36. The van der Waals surface area contributed by atoms with Crippen LogP contribution in [-0.4, -0.2) is 50.1 Å². The van der Waals surface area contributed by atoms with Crippen molar-refractivity contribution in [2.24, 2.45) is 0 Å². The molecule has 7 heteroatoms. The van der Waals surface area contributed by atoms with Crippen LogP contribution < -0.4 is 14.4 Å². The molecule has 0 spiro atoms. The summed E-state index contributed by atoms with van der Waals surface area (Å²) < 4.78 is 12.4. The van der Waals surface area contributed by atoms with Gasteiger partial charge in [-0.1, -0.05) is 41.7 Å². The van der Waals surface area contributed by atoms with Gasteiger partial charge in [-0.2, -0.15) is 0 Å². The molecule has 0 N–H and O–H groups in total. The highest BCUT2D eigenvalue weighted by molar-refractivity contribution is 7.22. The van der Waals surface area contributed by atoms with E-state index in [1.807, 2.05) is 85.7 Å². The minimum Gasteiger partial charge on any atom is -0.497 e. The maximum absolute atomic E-state index is 13.7. The molecule has 1 amide bonds. The van der Waals surface area contributed by atoms with E-state index in [-0.39, 0.29) is 5.91 Å². The van der Waals surface area contributed by atoms with Gasteiger partial charge in [0, 0.05) is 19.2 Å². The molecule has 0 aliphatic rings. The van der Waals surface area contributed by atoms with Gasteiger partial charge in [-0.25, -0.2) is 4.98 Å². The highest BCUT2D eigenvalue weighted by Gasteiger charge is 2.24. The second kappa shape index (κ2) is 9.80. The van der Waals surface area contributed by atoms with Crippen LogP contribution in [0.2, 0.25) is 0 Å². The molecule has 32 heavy (non-hydrogen) atoms. The number of carbonyl (C=O) groups excluding carboxylic acids is 1. The van der Waals surface area contributed by atoms with E-state index < -0.39 is 0 Å². The Bertz CT molecular complexity index is 1210. The first-order valence-electron chi connectivity index (χ1n) is 10.3. The van der Waals surface area contributed by atoms with Crippen LogP contribution in [0.5, 0.6) is 17.2 Å². The normalized spacial score (nSPS) is 11.0. The SMILES string of the molecule is COc1ccc2sc(N(CCN(C)C)C(=O)c3ccccc3Oc3ccccc3)nc2c1. The second-order valence-electron chi connectivity index (χ2n) is 7.50. The number of carbonyl (C=O) groups is 1. The van der Waals surface area contributed by atoms with Crippen molar-refractivity contribution < 1.29 is 14.3 Å². The first-order chi connectivity index (χ1) is 15.5. The van der Waals surface area contributed by atoms with E-state index in [0.717, 1.165) is 16.0 Å². The van der Waals surface area contributed by atoms with Crippen molar-refractivity contribution in [1.82, 2.24) is 9.88 Å². The highest BCUT2D eigenvalue weighted by atomic mass is 32.1. The molecule has 0 saturated heterocycles. The number of benzene rings is 3. The number of methoxy groups -OCH3 is 1. The number of hydrogen-bond donors (Lipinski definition) is 0. The first kappa shape index (κ1) is 21.8. The molecule has 0 aliphatic heterocycles. The van der Waals surface area contributed by atoms with Gasteiger partial charge in [0.15, 0.2) is 5.13 Å². The smallest absolute Gasteiger partial charge is 0.263 e. The molecule has 1 heterocycles. The van der Waals surface area contributed by atoms with E-state index in [0.29, 0.717) is 35.3 Å². The van der Waals surface area contributed by atoms with Gasteiger partial charge in [-0.05, 0) is 50.5 Å². The zero-order chi connectivity index (χ0) is 22.5. The summed E-state index contributed by atoms with van der Waals surface area (Å²) in [6, 6.07) is 22.5. The van der Waals surface area contributed by atoms with Crippen molar-refractivity contribution >= 4 is 32.6 Å². The van der Waals surface area contributed by atoms with Crippen molar-refractivity contribution in [3.05, 3.63) is 78.4 Å². The molecular formula is C25H25N3O3S. The minimum atomic E-state index is -0.149. The van der Waals surface area contributed by atoms with Gasteiger partial charge in [0.1, 0.15) is 17.2 Å². The Balaban J connectivity index is 1.70. The van der Waals surface area contributed by atoms with E-state index in [9.17, 15) is 4.79 Å². The summed E-state index contributed by atoms with van der Waals surface area (Å²) in [7, 11) is 5.60. The molecule has 3 aromatic carbocycles. The zero-order valence-corrected chi connectivity index (χ0v) is 19.1. The number of hydrogen-bond acceptors (Lipinski definition) is 6. The summed E-state index contributed by atoms with van der Waals surface area (Å²) in [6.45, 7) is 1.20. The predicted molar refractivity (Wildman–Crippen MR) is 129 cm³/mol. The third-order valence-electron chi connectivity index (χ3n) is 4.92. The standard InChI is InChI=1S/C25H25N3O3S/c1-27(2)15-16-28(25-26-21-17-19(30-3)13-14-23(21)32-25)24(29)20-11-7-8-12-22(20)31-18-9-5-4-6-10-18/h4-14,17H,15-16H2,1-3H3. The van der Waals surface area contributed by atoms with Crippen LogP contribution >= 0.6 is 11.3 Å². The van der Waals surface area contributed by atoms with E-state index in [4.69, 9.17) is 14.5 Å². The molecule has 6 nitrogen and oxygen atoms in total. The number of fused-ring (bicyclic) bond motifs is 1. The zero-order valence-electron chi connectivity index (χ0n) is 18.3. The topological polar surface area (TPSA) is 54.9 Å². The Morgan fingerprint density at radius 1 is 0.938 bits per heavy atom. The van der Waals surface area contributed by atoms with Crippen molar-refractivity contribution in [2.75, 3.05) is 39.2 Å². The molecule has 4 aromatic rings. The van der Waals surface area contributed by atoms with Crippen LogP contribution in [0.15, 0.2) is 72.8 Å². The summed E-state index contributed by atoms with van der Waals surface area (Å²) >= 11 is 1.49. The van der Waals surface area contributed by atoms with Gasteiger partial charge in [0.25, 0.3) is 5.91 Å². The number of aromatic nitrogens is 1. The highest BCUT2D eigenvalue weighted by Crippen LogP contribution is 2.33.